The molecule has 3 N–H and O–H groups in total. The van der Waals surface area contributed by atoms with Crippen LogP contribution in [0.2, 0.25) is 0 Å². The second-order valence-electron chi connectivity index (χ2n) is 2.95. The molecule has 12 heavy (non-hydrogen) atoms. The number of H-pyrrole nitrogens is 1. The highest BCUT2D eigenvalue weighted by atomic mass is 16.5. The van der Waals surface area contributed by atoms with Crippen molar-refractivity contribution < 1.29 is 4.74 Å². The predicted octanol–water partition coefficient (Wildman–Crippen LogP) is 0.662. The van der Waals surface area contributed by atoms with Crippen LogP contribution in [0, 0.1) is 0 Å². The molecular weight excluding hydrogens is 154 g/mol. The van der Waals surface area contributed by atoms with Gasteiger partial charge in [-0.2, -0.15) is 0 Å². The summed E-state index contributed by atoms with van der Waals surface area (Å²) in [5.41, 5.74) is 6.60. The van der Waals surface area contributed by atoms with Crippen molar-refractivity contribution >= 4 is 0 Å². The van der Waals surface area contributed by atoms with Crippen LogP contribution in [0.25, 0.3) is 0 Å². The second-order valence-corrected chi connectivity index (χ2v) is 2.95. The second kappa shape index (κ2) is 4.23. The largest absolute Gasteiger partial charge is 0.371 e. The van der Waals surface area contributed by atoms with Crippen LogP contribution in [0.3, 0.4) is 0 Å². The molecule has 2 atom stereocenters. The number of hydrogen-bond donors (Lipinski definition) is 2. The highest BCUT2D eigenvalue weighted by molar-refractivity contribution is 4.91. The fraction of sp³-hybridized carbons (Fsp3) is 0.625. The van der Waals surface area contributed by atoms with E-state index in [1.54, 1.807) is 12.5 Å². The normalized spacial score (nSPS) is 15.9. The molecule has 4 heteroatoms. The third-order valence-corrected chi connectivity index (χ3v) is 1.80. The highest BCUT2D eigenvalue weighted by Gasteiger charge is 2.07. The molecule has 0 fully saturated rings. The maximum Gasteiger partial charge on any atom is 0.0922 e. The average Bonchev–Trinajstić information content (AvgIpc) is 2.51. The van der Waals surface area contributed by atoms with Crippen molar-refractivity contribution in [2.75, 3.05) is 0 Å². The lowest BCUT2D eigenvalue weighted by molar-refractivity contribution is 0.0382. The molecule has 0 radical (unpaired) electrons. The first-order chi connectivity index (χ1) is 5.70. The molecule has 0 aliphatic carbocycles. The zero-order chi connectivity index (χ0) is 8.97. The first-order valence-electron chi connectivity index (χ1n) is 4.04. The van der Waals surface area contributed by atoms with Gasteiger partial charge < -0.3 is 15.5 Å². The number of imidazole rings is 1. The average molecular weight is 169 g/mol. The summed E-state index contributed by atoms with van der Waals surface area (Å²) < 4.78 is 5.45. The Morgan fingerprint density at radius 3 is 2.92 bits per heavy atom. The number of aromatic amines is 1. The third kappa shape index (κ3) is 2.64. The van der Waals surface area contributed by atoms with Gasteiger partial charge in [0.2, 0.25) is 0 Å². The number of ether oxygens (including phenoxy) is 1. The number of nitrogens with zero attached hydrogens (tertiary/aromatic N) is 1. The van der Waals surface area contributed by atoms with Crippen molar-refractivity contribution in [1.82, 2.24) is 9.97 Å². The minimum Gasteiger partial charge on any atom is -0.371 e. The highest BCUT2D eigenvalue weighted by Crippen LogP contribution is 2.00. The minimum atomic E-state index is 0.0629. The minimum absolute atomic E-state index is 0.0629. The Labute approximate surface area is 72.1 Å². The Kier molecular flexibility index (Phi) is 3.25. The van der Waals surface area contributed by atoms with Crippen molar-refractivity contribution in [3.05, 3.63) is 18.2 Å². The molecule has 1 heterocycles. The molecular formula is C8H15N3O. The van der Waals surface area contributed by atoms with Gasteiger partial charge in [0.15, 0.2) is 0 Å². The Morgan fingerprint density at radius 1 is 1.67 bits per heavy atom. The Balaban J connectivity index is 2.27. The van der Waals surface area contributed by atoms with E-state index in [2.05, 4.69) is 9.97 Å². The van der Waals surface area contributed by atoms with Crippen molar-refractivity contribution in [1.29, 1.82) is 0 Å². The predicted molar refractivity (Wildman–Crippen MR) is 46.5 cm³/mol. The summed E-state index contributed by atoms with van der Waals surface area (Å²) >= 11 is 0. The molecule has 1 aromatic heterocycles. The van der Waals surface area contributed by atoms with Crippen LogP contribution in [-0.4, -0.2) is 22.1 Å². The Morgan fingerprint density at radius 2 is 2.42 bits per heavy atom. The molecule has 0 unspecified atom stereocenters. The van der Waals surface area contributed by atoms with Gasteiger partial charge in [0.25, 0.3) is 0 Å². The van der Waals surface area contributed by atoms with Gasteiger partial charge in [-0.3, -0.25) is 0 Å². The van der Waals surface area contributed by atoms with Crippen LogP contribution < -0.4 is 5.73 Å². The van der Waals surface area contributed by atoms with E-state index in [9.17, 15) is 0 Å². The standard InChI is InChI=1S/C8H15N3O/c1-6(9)7(2)12-4-8-3-10-5-11-8/h3,5-7H,4,9H2,1-2H3,(H,10,11)/t6-,7-/m1/s1. The lowest BCUT2D eigenvalue weighted by Crippen LogP contribution is -2.31. The summed E-state index contributed by atoms with van der Waals surface area (Å²) in [5, 5.41) is 0. The van der Waals surface area contributed by atoms with Gasteiger partial charge in [0.05, 0.1) is 30.9 Å². The van der Waals surface area contributed by atoms with E-state index in [0.717, 1.165) is 5.69 Å². The topological polar surface area (TPSA) is 63.9 Å². The van der Waals surface area contributed by atoms with E-state index in [-0.39, 0.29) is 12.1 Å². The van der Waals surface area contributed by atoms with Crippen molar-refractivity contribution in [2.24, 2.45) is 5.73 Å². The number of hydrogen-bond acceptors (Lipinski definition) is 3. The lowest BCUT2D eigenvalue weighted by Gasteiger charge is -2.15. The molecule has 1 aromatic rings. The summed E-state index contributed by atoms with van der Waals surface area (Å²) in [6.45, 7) is 4.43. The SMILES string of the molecule is C[C@@H](N)[C@@H](C)OCc1cnc[nH]1. The Hall–Kier alpha value is -0.870. The van der Waals surface area contributed by atoms with Crippen LogP contribution in [0.4, 0.5) is 0 Å². The zero-order valence-electron chi connectivity index (χ0n) is 7.45. The van der Waals surface area contributed by atoms with Crippen LogP contribution in [-0.2, 0) is 11.3 Å². The van der Waals surface area contributed by atoms with Crippen molar-refractivity contribution in [3.63, 3.8) is 0 Å². The molecule has 0 spiro atoms. The van der Waals surface area contributed by atoms with Gasteiger partial charge in [0, 0.05) is 6.04 Å². The van der Waals surface area contributed by atoms with Gasteiger partial charge in [-0.1, -0.05) is 0 Å². The third-order valence-electron chi connectivity index (χ3n) is 1.80. The number of rotatable bonds is 4. The van der Waals surface area contributed by atoms with E-state index in [4.69, 9.17) is 10.5 Å². The summed E-state index contributed by atoms with van der Waals surface area (Å²) in [6, 6.07) is 0.0629. The molecule has 0 saturated heterocycles. The molecule has 0 bridgehead atoms. The number of aromatic nitrogens is 2. The molecule has 0 aromatic carbocycles. The van der Waals surface area contributed by atoms with Gasteiger partial charge in [-0.25, -0.2) is 4.98 Å². The summed E-state index contributed by atoms with van der Waals surface area (Å²) in [4.78, 5) is 6.83. The molecule has 0 aliphatic rings. The van der Waals surface area contributed by atoms with Crippen molar-refractivity contribution in [2.45, 2.75) is 32.6 Å². The van der Waals surface area contributed by atoms with E-state index < -0.39 is 0 Å². The van der Waals surface area contributed by atoms with Gasteiger partial charge in [-0.05, 0) is 13.8 Å². The van der Waals surface area contributed by atoms with E-state index in [1.807, 2.05) is 13.8 Å². The maximum absolute atomic E-state index is 5.62. The summed E-state index contributed by atoms with van der Waals surface area (Å²) in [5.74, 6) is 0. The van der Waals surface area contributed by atoms with Crippen LogP contribution in [0.15, 0.2) is 12.5 Å². The quantitative estimate of drug-likeness (QED) is 0.696. The Bertz CT molecular complexity index is 208. The number of nitrogens with two attached hydrogens (primary N) is 1. The zero-order valence-corrected chi connectivity index (χ0v) is 7.45. The van der Waals surface area contributed by atoms with Crippen LogP contribution >= 0.6 is 0 Å². The maximum atomic E-state index is 5.62. The van der Waals surface area contributed by atoms with Gasteiger partial charge in [-0.15, -0.1) is 0 Å². The summed E-state index contributed by atoms with van der Waals surface area (Å²) in [7, 11) is 0. The van der Waals surface area contributed by atoms with Crippen molar-refractivity contribution in [3.8, 4) is 0 Å². The van der Waals surface area contributed by atoms with E-state index >= 15 is 0 Å². The van der Waals surface area contributed by atoms with Gasteiger partial charge in [0.1, 0.15) is 0 Å². The van der Waals surface area contributed by atoms with Crippen LogP contribution in [0.5, 0.6) is 0 Å². The van der Waals surface area contributed by atoms with Crippen LogP contribution in [0.1, 0.15) is 19.5 Å². The van der Waals surface area contributed by atoms with Gasteiger partial charge >= 0.3 is 0 Å². The molecule has 68 valence electrons. The molecule has 1 rings (SSSR count). The molecule has 0 amide bonds. The monoisotopic (exact) mass is 169 g/mol. The first kappa shape index (κ1) is 9.22. The number of nitrogens with one attached hydrogen (secondary N) is 1. The molecule has 0 saturated carbocycles. The fourth-order valence-electron chi connectivity index (χ4n) is 0.737. The smallest absolute Gasteiger partial charge is 0.0922 e. The fourth-order valence-corrected chi connectivity index (χ4v) is 0.737. The summed E-state index contributed by atoms with van der Waals surface area (Å²) in [6.07, 6.45) is 3.46. The lowest BCUT2D eigenvalue weighted by atomic mass is 10.2. The molecule has 0 aliphatic heterocycles. The van der Waals surface area contributed by atoms with E-state index in [1.165, 1.54) is 0 Å². The molecule has 4 nitrogen and oxygen atoms in total. The first-order valence-corrected chi connectivity index (χ1v) is 4.04. The van der Waals surface area contributed by atoms with E-state index in [0.29, 0.717) is 6.61 Å².